The van der Waals surface area contributed by atoms with E-state index >= 15 is 0 Å². The SMILES string of the molecule is CC1CCC(CN)(C(=O)Cc2ncnn2C)CC1. The molecule has 1 saturated carbocycles. The second-order valence-electron chi connectivity index (χ2n) is 5.57. The van der Waals surface area contributed by atoms with Crippen molar-refractivity contribution < 1.29 is 4.79 Å². The zero-order valence-electron chi connectivity index (χ0n) is 11.2. The normalized spacial score (nSPS) is 28.3. The minimum Gasteiger partial charge on any atom is -0.329 e. The lowest BCUT2D eigenvalue weighted by atomic mass is 9.67. The van der Waals surface area contributed by atoms with Crippen LogP contribution in [0.15, 0.2) is 6.33 Å². The van der Waals surface area contributed by atoms with Crippen LogP contribution in [0.4, 0.5) is 0 Å². The number of nitrogens with zero attached hydrogens (tertiary/aromatic N) is 3. The largest absolute Gasteiger partial charge is 0.329 e. The number of ketones is 1. The maximum Gasteiger partial charge on any atom is 0.147 e. The highest BCUT2D eigenvalue weighted by atomic mass is 16.1. The fourth-order valence-corrected chi connectivity index (χ4v) is 2.72. The van der Waals surface area contributed by atoms with Crippen molar-refractivity contribution in [1.29, 1.82) is 0 Å². The number of carbonyl (C=O) groups is 1. The van der Waals surface area contributed by atoms with E-state index in [4.69, 9.17) is 5.73 Å². The third-order valence-corrected chi connectivity index (χ3v) is 4.34. The Morgan fingerprint density at radius 2 is 2.22 bits per heavy atom. The van der Waals surface area contributed by atoms with E-state index in [1.165, 1.54) is 6.33 Å². The first-order valence-corrected chi connectivity index (χ1v) is 6.63. The lowest BCUT2D eigenvalue weighted by molar-refractivity contribution is -0.130. The summed E-state index contributed by atoms with van der Waals surface area (Å²) in [6, 6.07) is 0. The predicted octanol–water partition coefficient (Wildman–Crippen LogP) is 1.08. The third kappa shape index (κ3) is 2.46. The van der Waals surface area contributed by atoms with Gasteiger partial charge in [-0.2, -0.15) is 5.10 Å². The molecule has 0 unspecified atom stereocenters. The summed E-state index contributed by atoms with van der Waals surface area (Å²) in [6.07, 6.45) is 5.87. The Morgan fingerprint density at radius 1 is 1.56 bits per heavy atom. The molecule has 1 aromatic rings. The van der Waals surface area contributed by atoms with Gasteiger partial charge in [-0.15, -0.1) is 0 Å². The van der Waals surface area contributed by atoms with Gasteiger partial charge in [0.25, 0.3) is 0 Å². The van der Waals surface area contributed by atoms with Crippen LogP contribution in [-0.2, 0) is 18.3 Å². The van der Waals surface area contributed by atoms with Gasteiger partial charge in [0.2, 0.25) is 0 Å². The molecule has 0 aliphatic heterocycles. The number of aryl methyl sites for hydroxylation is 1. The maximum atomic E-state index is 12.5. The first-order valence-electron chi connectivity index (χ1n) is 6.63. The lowest BCUT2D eigenvalue weighted by Crippen LogP contribution is -2.42. The minimum absolute atomic E-state index is 0.230. The number of nitrogens with two attached hydrogens (primary N) is 1. The summed E-state index contributed by atoms with van der Waals surface area (Å²) in [7, 11) is 1.81. The smallest absolute Gasteiger partial charge is 0.147 e. The fraction of sp³-hybridized carbons (Fsp3) is 0.769. The molecular formula is C13H22N4O. The summed E-state index contributed by atoms with van der Waals surface area (Å²) in [4.78, 5) is 16.6. The quantitative estimate of drug-likeness (QED) is 0.868. The zero-order valence-corrected chi connectivity index (χ0v) is 11.2. The molecule has 0 amide bonds. The van der Waals surface area contributed by atoms with Crippen molar-refractivity contribution in [2.45, 2.75) is 39.0 Å². The van der Waals surface area contributed by atoms with Gasteiger partial charge in [-0.05, 0) is 31.6 Å². The van der Waals surface area contributed by atoms with Gasteiger partial charge in [0.05, 0.1) is 6.42 Å². The highest BCUT2D eigenvalue weighted by Gasteiger charge is 2.39. The highest BCUT2D eigenvalue weighted by molar-refractivity contribution is 5.86. The van der Waals surface area contributed by atoms with Crippen molar-refractivity contribution in [3.63, 3.8) is 0 Å². The van der Waals surface area contributed by atoms with Gasteiger partial charge < -0.3 is 5.73 Å². The second kappa shape index (κ2) is 5.18. The topological polar surface area (TPSA) is 73.8 Å². The van der Waals surface area contributed by atoms with E-state index < -0.39 is 0 Å². The molecular weight excluding hydrogens is 228 g/mol. The van der Waals surface area contributed by atoms with Gasteiger partial charge in [-0.25, -0.2) is 4.98 Å². The van der Waals surface area contributed by atoms with E-state index in [2.05, 4.69) is 17.0 Å². The molecule has 1 aliphatic rings. The molecule has 0 bridgehead atoms. The van der Waals surface area contributed by atoms with Gasteiger partial charge in [-0.1, -0.05) is 6.92 Å². The van der Waals surface area contributed by atoms with Crippen LogP contribution in [0.1, 0.15) is 38.4 Å². The van der Waals surface area contributed by atoms with E-state index in [-0.39, 0.29) is 11.2 Å². The van der Waals surface area contributed by atoms with Crippen molar-refractivity contribution in [3.8, 4) is 0 Å². The summed E-state index contributed by atoms with van der Waals surface area (Å²) < 4.78 is 1.66. The van der Waals surface area contributed by atoms with Crippen molar-refractivity contribution in [3.05, 3.63) is 12.2 Å². The van der Waals surface area contributed by atoms with Crippen LogP contribution in [0.5, 0.6) is 0 Å². The molecule has 2 N–H and O–H groups in total. The van der Waals surface area contributed by atoms with E-state index in [9.17, 15) is 4.79 Å². The third-order valence-electron chi connectivity index (χ3n) is 4.34. The van der Waals surface area contributed by atoms with Crippen molar-refractivity contribution in [2.24, 2.45) is 24.1 Å². The molecule has 1 fully saturated rings. The average Bonchev–Trinajstić information content (AvgIpc) is 2.76. The highest BCUT2D eigenvalue weighted by Crippen LogP contribution is 2.39. The molecule has 0 saturated heterocycles. The van der Waals surface area contributed by atoms with Crippen LogP contribution in [0, 0.1) is 11.3 Å². The molecule has 0 aromatic carbocycles. The Kier molecular flexibility index (Phi) is 3.80. The Hall–Kier alpha value is -1.23. The number of rotatable bonds is 4. The molecule has 1 heterocycles. The molecule has 0 radical (unpaired) electrons. The average molecular weight is 250 g/mol. The number of Topliss-reactive ketones (excluding diaryl/α,β-unsaturated/α-hetero) is 1. The molecule has 1 aliphatic carbocycles. The summed E-state index contributed by atoms with van der Waals surface area (Å²) >= 11 is 0. The second-order valence-corrected chi connectivity index (χ2v) is 5.57. The van der Waals surface area contributed by atoms with E-state index in [0.717, 1.165) is 31.5 Å². The maximum absolute atomic E-state index is 12.5. The standard InChI is InChI=1S/C13H22N4O/c1-10-3-5-13(8-14,6-4-10)11(18)7-12-15-9-16-17(12)2/h9-10H,3-8,14H2,1-2H3. The van der Waals surface area contributed by atoms with E-state index in [0.29, 0.717) is 18.9 Å². The predicted molar refractivity (Wildman–Crippen MR) is 68.8 cm³/mol. The zero-order chi connectivity index (χ0) is 13.2. The van der Waals surface area contributed by atoms with Crippen LogP contribution in [0.25, 0.3) is 0 Å². The molecule has 18 heavy (non-hydrogen) atoms. The number of hydrogen-bond donors (Lipinski definition) is 1. The summed E-state index contributed by atoms with van der Waals surface area (Å²) in [5.74, 6) is 1.67. The molecule has 0 spiro atoms. The van der Waals surface area contributed by atoms with Crippen LogP contribution in [0.2, 0.25) is 0 Å². The van der Waals surface area contributed by atoms with Crippen molar-refractivity contribution in [2.75, 3.05) is 6.54 Å². The molecule has 5 nitrogen and oxygen atoms in total. The Labute approximate surface area is 108 Å². The number of carbonyl (C=O) groups excluding carboxylic acids is 1. The molecule has 2 rings (SSSR count). The fourth-order valence-electron chi connectivity index (χ4n) is 2.72. The summed E-state index contributed by atoms with van der Waals surface area (Å²) in [5, 5.41) is 4.00. The van der Waals surface area contributed by atoms with Gasteiger partial charge in [0.1, 0.15) is 17.9 Å². The van der Waals surface area contributed by atoms with E-state index in [1.807, 2.05) is 7.05 Å². The monoisotopic (exact) mass is 250 g/mol. The molecule has 0 atom stereocenters. The van der Waals surface area contributed by atoms with Gasteiger partial charge in [-0.3, -0.25) is 9.48 Å². The summed E-state index contributed by atoms with van der Waals surface area (Å²) in [5.41, 5.74) is 5.57. The molecule has 1 aromatic heterocycles. The Morgan fingerprint density at radius 3 is 2.72 bits per heavy atom. The Balaban J connectivity index is 2.08. The van der Waals surface area contributed by atoms with Gasteiger partial charge in [0.15, 0.2) is 0 Å². The Bertz CT molecular complexity index is 418. The molecule has 100 valence electrons. The minimum atomic E-state index is -0.321. The number of aromatic nitrogens is 3. The lowest BCUT2D eigenvalue weighted by Gasteiger charge is -2.37. The van der Waals surface area contributed by atoms with E-state index in [1.54, 1.807) is 4.68 Å². The van der Waals surface area contributed by atoms with Crippen LogP contribution >= 0.6 is 0 Å². The van der Waals surface area contributed by atoms with Crippen molar-refractivity contribution in [1.82, 2.24) is 14.8 Å². The van der Waals surface area contributed by atoms with Crippen molar-refractivity contribution >= 4 is 5.78 Å². The van der Waals surface area contributed by atoms with Gasteiger partial charge >= 0.3 is 0 Å². The molecule has 5 heteroatoms. The number of hydrogen-bond acceptors (Lipinski definition) is 4. The van der Waals surface area contributed by atoms with Crippen LogP contribution in [-0.4, -0.2) is 27.1 Å². The first kappa shape index (κ1) is 13.2. The van der Waals surface area contributed by atoms with Crippen LogP contribution < -0.4 is 5.73 Å². The summed E-state index contributed by atoms with van der Waals surface area (Å²) in [6.45, 7) is 2.70. The first-order chi connectivity index (χ1) is 8.57. The van der Waals surface area contributed by atoms with Gasteiger partial charge in [0, 0.05) is 19.0 Å². The van der Waals surface area contributed by atoms with Crippen LogP contribution in [0.3, 0.4) is 0 Å².